The zero-order valence-corrected chi connectivity index (χ0v) is 8.15. The first kappa shape index (κ1) is 9.95. The maximum absolute atomic E-state index is 11.2. The predicted octanol–water partition coefficient (Wildman–Crippen LogP) is -0.322. The van der Waals surface area contributed by atoms with E-state index in [-0.39, 0.29) is 11.8 Å². The van der Waals surface area contributed by atoms with Crippen molar-refractivity contribution in [1.29, 1.82) is 0 Å². The van der Waals surface area contributed by atoms with Crippen LogP contribution < -0.4 is 10.0 Å². The fourth-order valence-electron chi connectivity index (χ4n) is 1.44. The molecule has 1 aliphatic rings. The van der Waals surface area contributed by atoms with Gasteiger partial charge in [-0.1, -0.05) is 6.92 Å². The Morgan fingerprint density at radius 1 is 1.58 bits per heavy atom. The van der Waals surface area contributed by atoms with Crippen molar-refractivity contribution < 1.29 is 8.42 Å². The van der Waals surface area contributed by atoms with Gasteiger partial charge in [-0.05, 0) is 19.4 Å². The second-order valence-corrected chi connectivity index (χ2v) is 4.92. The van der Waals surface area contributed by atoms with Gasteiger partial charge < -0.3 is 5.32 Å². The second-order valence-electron chi connectivity index (χ2n) is 3.07. The average Bonchev–Trinajstić information content (AvgIpc) is 2.38. The summed E-state index contributed by atoms with van der Waals surface area (Å²) in [5.74, 6) is 0.223. The zero-order valence-electron chi connectivity index (χ0n) is 7.34. The van der Waals surface area contributed by atoms with E-state index in [1.165, 1.54) is 0 Å². The number of hydrogen-bond acceptors (Lipinski definition) is 3. The van der Waals surface area contributed by atoms with Gasteiger partial charge in [-0.3, -0.25) is 0 Å². The van der Waals surface area contributed by atoms with Gasteiger partial charge in [0.15, 0.2) is 0 Å². The van der Waals surface area contributed by atoms with Crippen LogP contribution in [0, 0.1) is 0 Å². The average molecular weight is 192 g/mol. The van der Waals surface area contributed by atoms with E-state index in [0.717, 1.165) is 19.4 Å². The van der Waals surface area contributed by atoms with E-state index in [2.05, 4.69) is 10.0 Å². The van der Waals surface area contributed by atoms with Gasteiger partial charge in [0.1, 0.15) is 0 Å². The van der Waals surface area contributed by atoms with Gasteiger partial charge in [-0.15, -0.1) is 0 Å². The molecule has 0 bridgehead atoms. The lowest BCUT2D eigenvalue weighted by atomic mass is 10.3. The Bertz CT molecular complexity index is 220. The van der Waals surface area contributed by atoms with Gasteiger partial charge >= 0.3 is 0 Å². The van der Waals surface area contributed by atoms with Crippen molar-refractivity contribution in [1.82, 2.24) is 10.0 Å². The van der Waals surface area contributed by atoms with Crippen molar-refractivity contribution in [2.24, 2.45) is 0 Å². The number of rotatable bonds is 4. The number of sulfonamides is 1. The normalized spacial score (nSPS) is 24.6. The molecule has 0 aromatic heterocycles. The van der Waals surface area contributed by atoms with Crippen LogP contribution in [-0.2, 0) is 10.0 Å². The van der Waals surface area contributed by atoms with Crippen LogP contribution in [0.4, 0.5) is 0 Å². The lowest BCUT2D eigenvalue weighted by Crippen LogP contribution is -2.36. The molecular weight excluding hydrogens is 176 g/mol. The maximum Gasteiger partial charge on any atom is 0.213 e. The van der Waals surface area contributed by atoms with Gasteiger partial charge in [-0.25, -0.2) is 13.1 Å². The third-order valence-electron chi connectivity index (χ3n) is 1.95. The molecule has 1 saturated heterocycles. The minimum Gasteiger partial charge on any atom is -0.313 e. The molecule has 0 unspecified atom stereocenters. The highest BCUT2D eigenvalue weighted by molar-refractivity contribution is 7.89. The fourth-order valence-corrected chi connectivity index (χ4v) is 2.81. The lowest BCUT2D eigenvalue weighted by molar-refractivity contribution is 0.566. The van der Waals surface area contributed by atoms with Crippen LogP contribution >= 0.6 is 0 Å². The quantitative estimate of drug-likeness (QED) is 0.641. The van der Waals surface area contributed by atoms with E-state index in [4.69, 9.17) is 0 Å². The third-order valence-corrected chi connectivity index (χ3v) is 3.52. The first-order valence-corrected chi connectivity index (χ1v) is 6.00. The Morgan fingerprint density at radius 2 is 2.33 bits per heavy atom. The summed E-state index contributed by atoms with van der Waals surface area (Å²) in [6, 6.07) is 0.161. The van der Waals surface area contributed by atoms with Crippen LogP contribution in [0.3, 0.4) is 0 Å². The van der Waals surface area contributed by atoms with E-state index >= 15 is 0 Å². The zero-order chi connectivity index (χ0) is 9.03. The summed E-state index contributed by atoms with van der Waals surface area (Å²) in [6.07, 6.45) is 2.07. The van der Waals surface area contributed by atoms with Gasteiger partial charge in [0, 0.05) is 12.6 Å². The molecule has 4 nitrogen and oxygen atoms in total. The molecule has 2 N–H and O–H groups in total. The van der Waals surface area contributed by atoms with Crippen molar-refractivity contribution in [2.75, 3.05) is 18.8 Å². The van der Waals surface area contributed by atoms with Crippen molar-refractivity contribution in [2.45, 2.75) is 25.8 Å². The Kier molecular flexibility index (Phi) is 3.49. The Morgan fingerprint density at radius 3 is 2.83 bits per heavy atom. The topological polar surface area (TPSA) is 58.2 Å². The summed E-state index contributed by atoms with van der Waals surface area (Å²) in [6.45, 7) is 3.22. The summed E-state index contributed by atoms with van der Waals surface area (Å²) in [4.78, 5) is 0. The van der Waals surface area contributed by atoms with E-state index in [9.17, 15) is 8.42 Å². The Hall–Kier alpha value is -0.130. The smallest absolute Gasteiger partial charge is 0.213 e. The summed E-state index contributed by atoms with van der Waals surface area (Å²) < 4.78 is 25.0. The minimum atomic E-state index is -3.03. The number of nitrogens with one attached hydrogen (secondary N) is 2. The molecule has 0 aromatic carbocycles. The van der Waals surface area contributed by atoms with Crippen molar-refractivity contribution in [3.05, 3.63) is 0 Å². The van der Waals surface area contributed by atoms with Crippen LogP contribution in [0.5, 0.6) is 0 Å². The van der Waals surface area contributed by atoms with E-state index < -0.39 is 10.0 Å². The predicted molar refractivity (Wildman–Crippen MR) is 48.5 cm³/mol. The fraction of sp³-hybridized carbons (Fsp3) is 1.00. The highest BCUT2D eigenvalue weighted by Gasteiger charge is 2.20. The molecule has 1 aliphatic heterocycles. The maximum atomic E-state index is 11.2. The summed E-state index contributed by atoms with van der Waals surface area (Å²) in [7, 11) is -3.03. The molecule has 0 aliphatic carbocycles. The number of hydrogen-bond donors (Lipinski definition) is 2. The molecule has 5 heteroatoms. The first-order chi connectivity index (χ1) is 5.64. The van der Waals surface area contributed by atoms with Gasteiger partial charge in [0.05, 0.1) is 5.75 Å². The molecular formula is C7H16N2O2S. The molecule has 1 heterocycles. The van der Waals surface area contributed by atoms with Crippen molar-refractivity contribution in [3.8, 4) is 0 Å². The Labute approximate surface area is 73.8 Å². The molecule has 1 atom stereocenters. The molecule has 1 fully saturated rings. The van der Waals surface area contributed by atoms with Gasteiger partial charge in [0.25, 0.3) is 0 Å². The van der Waals surface area contributed by atoms with Crippen LogP contribution in [0.2, 0.25) is 0 Å². The molecule has 0 aromatic rings. The molecule has 0 spiro atoms. The van der Waals surface area contributed by atoms with Crippen molar-refractivity contribution in [3.63, 3.8) is 0 Å². The van der Waals surface area contributed by atoms with Crippen molar-refractivity contribution >= 4 is 10.0 Å². The monoisotopic (exact) mass is 192 g/mol. The molecule has 12 heavy (non-hydrogen) atoms. The van der Waals surface area contributed by atoms with Crippen LogP contribution in [0.15, 0.2) is 0 Å². The minimum absolute atomic E-state index is 0.161. The van der Waals surface area contributed by atoms with E-state index in [1.807, 2.05) is 0 Å². The van der Waals surface area contributed by atoms with Crippen LogP contribution in [-0.4, -0.2) is 33.3 Å². The second kappa shape index (κ2) is 4.20. The first-order valence-electron chi connectivity index (χ1n) is 4.35. The standard InChI is InChI=1S/C7H16N2O2S/c1-2-9-12(10,11)6-7-4-3-5-8-7/h7-9H,2-6H2,1H3/t7-/m0/s1. The highest BCUT2D eigenvalue weighted by Crippen LogP contribution is 2.06. The Balaban J connectivity index is 2.38. The van der Waals surface area contributed by atoms with Crippen LogP contribution in [0.1, 0.15) is 19.8 Å². The summed E-state index contributed by atoms with van der Waals surface area (Å²) in [5, 5.41) is 3.15. The van der Waals surface area contributed by atoms with Gasteiger partial charge in [0.2, 0.25) is 10.0 Å². The third kappa shape index (κ3) is 3.08. The van der Waals surface area contributed by atoms with Crippen LogP contribution in [0.25, 0.3) is 0 Å². The summed E-state index contributed by atoms with van der Waals surface area (Å²) in [5.41, 5.74) is 0. The lowest BCUT2D eigenvalue weighted by Gasteiger charge is -2.10. The van der Waals surface area contributed by atoms with E-state index in [1.54, 1.807) is 6.92 Å². The largest absolute Gasteiger partial charge is 0.313 e. The van der Waals surface area contributed by atoms with E-state index in [0.29, 0.717) is 6.54 Å². The molecule has 0 radical (unpaired) electrons. The summed E-state index contributed by atoms with van der Waals surface area (Å²) >= 11 is 0. The molecule has 72 valence electrons. The van der Waals surface area contributed by atoms with Gasteiger partial charge in [-0.2, -0.15) is 0 Å². The molecule has 0 saturated carbocycles. The highest BCUT2D eigenvalue weighted by atomic mass is 32.2. The molecule has 1 rings (SSSR count). The SMILES string of the molecule is CCNS(=O)(=O)C[C@@H]1CCCN1. The molecule has 0 amide bonds.